The van der Waals surface area contributed by atoms with Gasteiger partial charge in [-0.1, -0.05) is 26.7 Å². The fourth-order valence-corrected chi connectivity index (χ4v) is 2.25. The standard InChI is InChI=1S/C13H24N2O3/c1-3-10(4-2)9-14-13(18)15-7-5-11(6-8-15)12(16)17/h10-11H,3-9H2,1-2H3,(H,14,18)(H,16,17). The van der Waals surface area contributed by atoms with Crippen molar-refractivity contribution in [3.05, 3.63) is 0 Å². The van der Waals surface area contributed by atoms with Crippen LogP contribution in [0.1, 0.15) is 39.5 Å². The fraction of sp³-hybridized carbons (Fsp3) is 0.846. The van der Waals surface area contributed by atoms with E-state index in [0.717, 1.165) is 12.8 Å². The van der Waals surface area contributed by atoms with Crippen molar-refractivity contribution in [3.63, 3.8) is 0 Å². The molecule has 0 radical (unpaired) electrons. The highest BCUT2D eigenvalue weighted by Gasteiger charge is 2.26. The molecule has 5 heteroatoms. The Morgan fingerprint density at radius 1 is 1.28 bits per heavy atom. The molecule has 2 N–H and O–H groups in total. The molecule has 0 bridgehead atoms. The summed E-state index contributed by atoms with van der Waals surface area (Å²) < 4.78 is 0. The molecule has 1 heterocycles. The molecule has 104 valence electrons. The minimum absolute atomic E-state index is 0.0502. The number of hydrogen-bond acceptors (Lipinski definition) is 2. The van der Waals surface area contributed by atoms with Crippen molar-refractivity contribution in [1.82, 2.24) is 10.2 Å². The zero-order valence-corrected chi connectivity index (χ0v) is 11.3. The summed E-state index contributed by atoms with van der Waals surface area (Å²) in [6.45, 7) is 6.06. The molecule has 2 amide bonds. The molecule has 0 atom stereocenters. The lowest BCUT2D eigenvalue weighted by atomic mass is 9.97. The Morgan fingerprint density at radius 3 is 2.28 bits per heavy atom. The van der Waals surface area contributed by atoms with Crippen molar-refractivity contribution >= 4 is 12.0 Å². The number of aliphatic carboxylic acids is 1. The van der Waals surface area contributed by atoms with E-state index in [2.05, 4.69) is 19.2 Å². The Bertz CT molecular complexity index is 282. The molecule has 0 unspecified atom stereocenters. The molecule has 0 spiro atoms. The minimum Gasteiger partial charge on any atom is -0.481 e. The van der Waals surface area contributed by atoms with Crippen molar-refractivity contribution in [1.29, 1.82) is 0 Å². The molecule has 18 heavy (non-hydrogen) atoms. The van der Waals surface area contributed by atoms with E-state index in [1.807, 2.05) is 0 Å². The van der Waals surface area contributed by atoms with Gasteiger partial charge in [-0.05, 0) is 18.8 Å². The average Bonchev–Trinajstić information content (AvgIpc) is 2.39. The maximum Gasteiger partial charge on any atom is 0.317 e. The number of rotatable bonds is 5. The first-order chi connectivity index (χ1) is 8.58. The molecule has 0 aliphatic carbocycles. The quantitative estimate of drug-likeness (QED) is 0.789. The van der Waals surface area contributed by atoms with Gasteiger partial charge in [0.1, 0.15) is 0 Å². The summed E-state index contributed by atoms with van der Waals surface area (Å²) in [6.07, 6.45) is 3.26. The predicted octanol–water partition coefficient (Wildman–Crippen LogP) is 1.93. The number of carbonyl (C=O) groups is 2. The highest BCUT2D eigenvalue weighted by atomic mass is 16.4. The molecule has 0 saturated carbocycles. The van der Waals surface area contributed by atoms with E-state index in [4.69, 9.17) is 5.11 Å². The second-order valence-corrected chi connectivity index (χ2v) is 4.97. The zero-order valence-electron chi connectivity index (χ0n) is 11.3. The number of urea groups is 1. The average molecular weight is 256 g/mol. The number of carboxylic acids is 1. The van der Waals surface area contributed by atoms with Crippen molar-refractivity contribution in [2.24, 2.45) is 11.8 Å². The highest BCUT2D eigenvalue weighted by Crippen LogP contribution is 2.17. The Kier molecular flexibility index (Phi) is 5.95. The summed E-state index contributed by atoms with van der Waals surface area (Å²) in [5.74, 6) is -0.495. The van der Waals surface area contributed by atoms with Crippen LogP contribution in [0, 0.1) is 11.8 Å². The third-order valence-electron chi connectivity index (χ3n) is 3.83. The van der Waals surface area contributed by atoms with E-state index >= 15 is 0 Å². The molecule has 0 aromatic carbocycles. The Labute approximate surface area is 109 Å². The maximum atomic E-state index is 11.9. The number of piperidine rings is 1. The molecule has 5 nitrogen and oxygen atoms in total. The van der Waals surface area contributed by atoms with Crippen molar-refractivity contribution < 1.29 is 14.7 Å². The molecule has 1 saturated heterocycles. The van der Waals surface area contributed by atoms with Crippen LogP contribution in [0.3, 0.4) is 0 Å². The zero-order chi connectivity index (χ0) is 13.5. The molecule has 1 aliphatic rings. The van der Waals surface area contributed by atoms with E-state index in [-0.39, 0.29) is 11.9 Å². The Hall–Kier alpha value is -1.26. The van der Waals surface area contributed by atoms with Crippen LogP contribution in [-0.4, -0.2) is 41.6 Å². The fourth-order valence-electron chi connectivity index (χ4n) is 2.25. The lowest BCUT2D eigenvalue weighted by molar-refractivity contribution is -0.143. The first-order valence-electron chi connectivity index (χ1n) is 6.84. The first-order valence-corrected chi connectivity index (χ1v) is 6.84. The lowest BCUT2D eigenvalue weighted by Crippen LogP contribution is -2.46. The van der Waals surface area contributed by atoms with Gasteiger partial charge in [0.15, 0.2) is 0 Å². The van der Waals surface area contributed by atoms with E-state index in [0.29, 0.717) is 38.4 Å². The van der Waals surface area contributed by atoms with Crippen molar-refractivity contribution in [2.45, 2.75) is 39.5 Å². The van der Waals surface area contributed by atoms with E-state index < -0.39 is 5.97 Å². The topological polar surface area (TPSA) is 69.6 Å². The number of nitrogens with one attached hydrogen (secondary N) is 1. The second kappa shape index (κ2) is 7.24. The monoisotopic (exact) mass is 256 g/mol. The van der Waals surface area contributed by atoms with Gasteiger partial charge in [-0.15, -0.1) is 0 Å². The number of carbonyl (C=O) groups excluding carboxylic acids is 1. The molecular formula is C13H24N2O3. The Morgan fingerprint density at radius 2 is 1.83 bits per heavy atom. The molecular weight excluding hydrogens is 232 g/mol. The molecule has 1 fully saturated rings. The van der Waals surface area contributed by atoms with Gasteiger partial charge >= 0.3 is 12.0 Å². The lowest BCUT2D eigenvalue weighted by Gasteiger charge is -2.30. The summed E-state index contributed by atoms with van der Waals surface area (Å²) in [6, 6.07) is -0.0502. The van der Waals surface area contributed by atoms with Gasteiger partial charge in [0, 0.05) is 19.6 Å². The Balaban J connectivity index is 2.29. The van der Waals surface area contributed by atoms with Gasteiger partial charge in [-0.3, -0.25) is 4.79 Å². The maximum absolute atomic E-state index is 11.9. The highest BCUT2D eigenvalue weighted by molar-refractivity contribution is 5.75. The van der Waals surface area contributed by atoms with E-state index in [1.165, 1.54) is 0 Å². The van der Waals surface area contributed by atoms with E-state index in [1.54, 1.807) is 4.90 Å². The van der Waals surface area contributed by atoms with Crippen LogP contribution < -0.4 is 5.32 Å². The summed E-state index contributed by atoms with van der Waals surface area (Å²) in [4.78, 5) is 24.4. The van der Waals surface area contributed by atoms with Crippen LogP contribution in [-0.2, 0) is 4.79 Å². The van der Waals surface area contributed by atoms with Crippen LogP contribution in [0.5, 0.6) is 0 Å². The second-order valence-electron chi connectivity index (χ2n) is 4.97. The van der Waals surface area contributed by atoms with Crippen LogP contribution in [0.2, 0.25) is 0 Å². The molecule has 0 aromatic heterocycles. The minimum atomic E-state index is -0.743. The third kappa shape index (κ3) is 4.20. The summed E-state index contributed by atoms with van der Waals surface area (Å²) in [7, 11) is 0. The number of nitrogens with zero attached hydrogens (tertiary/aromatic N) is 1. The number of hydrogen-bond donors (Lipinski definition) is 2. The summed E-state index contributed by atoms with van der Waals surface area (Å²) in [5, 5.41) is 11.8. The number of amides is 2. The number of carboxylic acid groups (broad SMARTS) is 1. The van der Waals surface area contributed by atoms with Crippen molar-refractivity contribution in [2.75, 3.05) is 19.6 Å². The van der Waals surface area contributed by atoms with Crippen LogP contribution in [0.15, 0.2) is 0 Å². The SMILES string of the molecule is CCC(CC)CNC(=O)N1CCC(C(=O)O)CC1. The van der Waals surface area contributed by atoms with Crippen molar-refractivity contribution in [3.8, 4) is 0 Å². The van der Waals surface area contributed by atoms with Gasteiger partial charge < -0.3 is 15.3 Å². The van der Waals surface area contributed by atoms with Crippen LogP contribution >= 0.6 is 0 Å². The largest absolute Gasteiger partial charge is 0.481 e. The van der Waals surface area contributed by atoms with Gasteiger partial charge in [-0.25, -0.2) is 4.79 Å². The van der Waals surface area contributed by atoms with Gasteiger partial charge in [-0.2, -0.15) is 0 Å². The number of likely N-dealkylation sites (tertiary alicyclic amines) is 1. The van der Waals surface area contributed by atoms with Crippen LogP contribution in [0.4, 0.5) is 4.79 Å². The first kappa shape index (κ1) is 14.8. The predicted molar refractivity (Wildman–Crippen MR) is 69.4 cm³/mol. The van der Waals surface area contributed by atoms with Gasteiger partial charge in [0.2, 0.25) is 0 Å². The van der Waals surface area contributed by atoms with Gasteiger partial charge in [0.25, 0.3) is 0 Å². The van der Waals surface area contributed by atoms with Crippen LogP contribution in [0.25, 0.3) is 0 Å². The smallest absolute Gasteiger partial charge is 0.317 e. The normalized spacial score (nSPS) is 16.9. The summed E-state index contributed by atoms with van der Waals surface area (Å²) >= 11 is 0. The molecule has 1 rings (SSSR count). The molecule has 1 aliphatic heterocycles. The summed E-state index contributed by atoms with van der Waals surface area (Å²) in [5.41, 5.74) is 0. The van der Waals surface area contributed by atoms with Gasteiger partial charge in [0.05, 0.1) is 5.92 Å². The third-order valence-corrected chi connectivity index (χ3v) is 3.83. The van der Waals surface area contributed by atoms with E-state index in [9.17, 15) is 9.59 Å². The molecule has 0 aromatic rings.